The monoisotopic (exact) mass is 366 g/mol. The first kappa shape index (κ1) is 17.3. The summed E-state index contributed by atoms with van der Waals surface area (Å²) in [6, 6.07) is 10.6. The molecule has 2 aromatic heterocycles. The number of hydrogen-bond acceptors (Lipinski definition) is 3. The molecule has 0 fully saturated rings. The molecule has 0 aliphatic carbocycles. The number of benzene rings is 1. The zero-order chi connectivity index (χ0) is 18.0. The lowest BCUT2D eigenvalue weighted by Gasteiger charge is -2.08. The number of pyridine rings is 1. The van der Waals surface area contributed by atoms with Gasteiger partial charge in [0.15, 0.2) is 5.69 Å². The van der Waals surface area contributed by atoms with Crippen LogP contribution in [0.2, 0.25) is 5.02 Å². The van der Waals surface area contributed by atoms with E-state index in [1.54, 1.807) is 18.2 Å². The highest BCUT2D eigenvalue weighted by molar-refractivity contribution is 6.30. The number of hydrogen-bond donors (Lipinski definition) is 1. The minimum absolute atomic E-state index is 0.0424. The highest BCUT2D eigenvalue weighted by atomic mass is 35.5. The number of nitrogens with zero attached hydrogens (tertiary/aromatic N) is 3. The van der Waals surface area contributed by atoms with E-state index in [9.17, 15) is 13.2 Å². The minimum atomic E-state index is -4.52. The van der Waals surface area contributed by atoms with Gasteiger partial charge in [0.1, 0.15) is 0 Å². The predicted octanol–water partition coefficient (Wildman–Crippen LogP) is 4.77. The highest BCUT2D eigenvalue weighted by Gasteiger charge is 2.37. The van der Waals surface area contributed by atoms with E-state index in [0.29, 0.717) is 17.3 Å². The van der Waals surface area contributed by atoms with Gasteiger partial charge < -0.3 is 5.32 Å². The van der Waals surface area contributed by atoms with Crippen LogP contribution in [0.1, 0.15) is 11.3 Å². The number of rotatable bonds is 4. The number of halogens is 4. The van der Waals surface area contributed by atoms with Crippen LogP contribution in [0.3, 0.4) is 0 Å². The third-order valence-electron chi connectivity index (χ3n) is 3.55. The highest BCUT2D eigenvalue weighted by Crippen LogP contribution is 2.35. The van der Waals surface area contributed by atoms with Crippen molar-refractivity contribution >= 4 is 17.3 Å². The van der Waals surface area contributed by atoms with Crippen molar-refractivity contribution in [3.8, 4) is 11.3 Å². The van der Waals surface area contributed by atoms with Crippen LogP contribution in [-0.4, -0.2) is 14.8 Å². The van der Waals surface area contributed by atoms with Crippen LogP contribution in [0.15, 0.2) is 48.8 Å². The zero-order valence-corrected chi connectivity index (χ0v) is 13.9. The van der Waals surface area contributed by atoms with E-state index in [0.717, 1.165) is 10.2 Å². The van der Waals surface area contributed by atoms with Crippen LogP contribution < -0.4 is 5.32 Å². The maximum absolute atomic E-state index is 13.0. The van der Waals surface area contributed by atoms with Gasteiger partial charge in [-0.3, -0.25) is 9.67 Å². The minimum Gasteiger partial charge on any atom is -0.380 e. The molecule has 0 atom stereocenters. The molecule has 2 heterocycles. The van der Waals surface area contributed by atoms with Gasteiger partial charge in [0.25, 0.3) is 0 Å². The van der Waals surface area contributed by atoms with Gasteiger partial charge in [0.2, 0.25) is 0 Å². The first-order valence-electron chi connectivity index (χ1n) is 7.38. The lowest BCUT2D eigenvalue weighted by atomic mass is 10.1. The van der Waals surface area contributed by atoms with Crippen LogP contribution in [0, 0.1) is 0 Å². The molecule has 1 N–H and O–H groups in total. The van der Waals surface area contributed by atoms with E-state index >= 15 is 0 Å². The summed E-state index contributed by atoms with van der Waals surface area (Å²) in [5.74, 6) is 0. The Morgan fingerprint density at radius 2 is 1.84 bits per heavy atom. The Balaban J connectivity index is 1.75. The second kappa shape index (κ2) is 6.76. The molecule has 4 nitrogen and oxygen atoms in total. The van der Waals surface area contributed by atoms with Crippen molar-refractivity contribution < 1.29 is 13.2 Å². The second-order valence-electron chi connectivity index (χ2n) is 5.47. The molecule has 0 aliphatic rings. The third-order valence-corrected chi connectivity index (χ3v) is 3.80. The second-order valence-corrected chi connectivity index (χ2v) is 5.91. The first-order valence-corrected chi connectivity index (χ1v) is 7.76. The SMILES string of the molecule is Cn1cc(-c2ccc(NCc3ccc(Cl)cc3)cn2)c(C(F)(F)F)n1. The molecule has 0 spiro atoms. The summed E-state index contributed by atoms with van der Waals surface area (Å²) < 4.78 is 40.2. The summed E-state index contributed by atoms with van der Waals surface area (Å²) >= 11 is 5.83. The van der Waals surface area contributed by atoms with Gasteiger partial charge in [-0.25, -0.2) is 0 Å². The Morgan fingerprint density at radius 3 is 2.44 bits per heavy atom. The molecule has 3 rings (SSSR count). The van der Waals surface area contributed by atoms with E-state index < -0.39 is 11.9 Å². The quantitative estimate of drug-likeness (QED) is 0.723. The summed E-state index contributed by atoms with van der Waals surface area (Å²) in [5.41, 5.74) is 0.970. The molecule has 0 radical (unpaired) electrons. The fourth-order valence-electron chi connectivity index (χ4n) is 2.35. The Labute approximate surface area is 147 Å². The molecule has 0 bridgehead atoms. The molecular weight excluding hydrogens is 353 g/mol. The molecule has 130 valence electrons. The standard InChI is InChI=1S/C17H14ClF3N4/c1-25-10-14(16(24-25)17(19,20)21)15-7-6-13(9-23-15)22-8-11-2-4-12(18)5-3-11/h2-7,9-10,22H,8H2,1H3. The van der Waals surface area contributed by atoms with Crippen LogP contribution in [0.5, 0.6) is 0 Å². The fourth-order valence-corrected chi connectivity index (χ4v) is 2.48. The largest absolute Gasteiger partial charge is 0.435 e. The van der Waals surface area contributed by atoms with Gasteiger partial charge in [-0.15, -0.1) is 0 Å². The Bertz CT molecular complexity index is 855. The summed E-state index contributed by atoms with van der Waals surface area (Å²) in [6.07, 6.45) is -1.71. The maximum Gasteiger partial charge on any atom is 0.435 e. The van der Waals surface area contributed by atoms with Crippen LogP contribution in [0.25, 0.3) is 11.3 Å². The zero-order valence-electron chi connectivity index (χ0n) is 13.2. The Kier molecular flexibility index (Phi) is 4.67. The van der Waals surface area contributed by atoms with E-state index in [-0.39, 0.29) is 11.3 Å². The molecule has 0 amide bonds. The van der Waals surface area contributed by atoms with Crippen LogP contribution in [0.4, 0.5) is 18.9 Å². The lowest BCUT2D eigenvalue weighted by Crippen LogP contribution is -2.08. The first-order chi connectivity index (χ1) is 11.8. The summed E-state index contributed by atoms with van der Waals surface area (Å²) in [4.78, 5) is 4.13. The van der Waals surface area contributed by atoms with Gasteiger partial charge in [-0.05, 0) is 29.8 Å². The van der Waals surface area contributed by atoms with E-state index in [1.807, 2.05) is 12.1 Å². The molecule has 8 heteroatoms. The average Bonchev–Trinajstić information content (AvgIpc) is 2.97. The molecule has 0 unspecified atom stereocenters. The number of nitrogens with one attached hydrogen (secondary N) is 1. The molecule has 25 heavy (non-hydrogen) atoms. The number of alkyl halides is 3. The maximum atomic E-state index is 13.0. The van der Waals surface area contributed by atoms with E-state index in [4.69, 9.17) is 11.6 Å². The van der Waals surface area contributed by atoms with Crippen molar-refractivity contribution in [1.82, 2.24) is 14.8 Å². The predicted molar refractivity (Wildman–Crippen MR) is 90.2 cm³/mol. The van der Waals surface area contributed by atoms with Crippen molar-refractivity contribution in [2.45, 2.75) is 12.7 Å². The van der Waals surface area contributed by atoms with Crippen LogP contribution in [-0.2, 0) is 19.8 Å². The van der Waals surface area contributed by atoms with E-state index in [1.165, 1.54) is 25.5 Å². The number of aryl methyl sites for hydroxylation is 1. The lowest BCUT2D eigenvalue weighted by molar-refractivity contribution is -0.141. The van der Waals surface area contributed by atoms with Crippen molar-refractivity contribution in [2.75, 3.05) is 5.32 Å². The van der Waals surface area contributed by atoms with Gasteiger partial charge in [-0.1, -0.05) is 23.7 Å². The molecule has 0 saturated heterocycles. The van der Waals surface area contributed by atoms with Gasteiger partial charge in [0.05, 0.1) is 23.1 Å². The van der Waals surface area contributed by atoms with E-state index in [2.05, 4.69) is 15.4 Å². The van der Waals surface area contributed by atoms with Crippen LogP contribution >= 0.6 is 11.6 Å². The van der Waals surface area contributed by atoms with Gasteiger partial charge in [0, 0.05) is 24.8 Å². The van der Waals surface area contributed by atoms with Gasteiger partial charge in [-0.2, -0.15) is 18.3 Å². The third kappa shape index (κ3) is 4.11. The summed E-state index contributed by atoms with van der Waals surface area (Å²) in [5, 5.41) is 7.31. The number of anilines is 1. The smallest absolute Gasteiger partial charge is 0.380 e. The normalized spacial score (nSPS) is 11.6. The van der Waals surface area contributed by atoms with Crippen molar-refractivity contribution in [3.63, 3.8) is 0 Å². The molecule has 0 aliphatic heterocycles. The fraction of sp³-hybridized carbons (Fsp3) is 0.176. The average molecular weight is 367 g/mol. The molecular formula is C17H14ClF3N4. The molecule has 0 saturated carbocycles. The van der Waals surface area contributed by atoms with Gasteiger partial charge >= 0.3 is 6.18 Å². The molecule has 3 aromatic rings. The summed E-state index contributed by atoms with van der Waals surface area (Å²) in [7, 11) is 1.45. The summed E-state index contributed by atoms with van der Waals surface area (Å²) in [6.45, 7) is 0.554. The number of aromatic nitrogens is 3. The Morgan fingerprint density at radius 1 is 1.12 bits per heavy atom. The van der Waals surface area contributed by atoms with Crippen molar-refractivity contribution in [1.29, 1.82) is 0 Å². The Hall–Kier alpha value is -2.54. The topological polar surface area (TPSA) is 42.7 Å². The van der Waals surface area contributed by atoms with Crippen molar-refractivity contribution in [2.24, 2.45) is 7.05 Å². The van der Waals surface area contributed by atoms with Crippen molar-refractivity contribution in [3.05, 3.63) is 65.1 Å². The molecule has 1 aromatic carbocycles.